The van der Waals surface area contributed by atoms with Gasteiger partial charge in [-0.05, 0) is 34.0 Å². The molecule has 1 amide bonds. The van der Waals surface area contributed by atoms with Crippen LogP contribution in [0.5, 0.6) is 0 Å². The number of anilines is 1. The number of hydrogen-bond donors (Lipinski definition) is 1. The first-order chi connectivity index (χ1) is 9.73. The first-order valence-corrected chi connectivity index (χ1v) is 8.24. The van der Waals surface area contributed by atoms with Crippen LogP contribution in [0.1, 0.15) is 13.8 Å². The van der Waals surface area contributed by atoms with Crippen molar-refractivity contribution in [2.24, 2.45) is 20.0 Å². The van der Waals surface area contributed by atoms with Crippen molar-refractivity contribution in [3.05, 3.63) is 27.1 Å². The number of benzene rings is 1. The molecule has 0 saturated heterocycles. The fraction of sp³-hybridized carbons (Fsp3) is 0.429. The van der Waals surface area contributed by atoms with Crippen LogP contribution in [0, 0.1) is 5.92 Å². The van der Waals surface area contributed by atoms with Gasteiger partial charge in [0.05, 0.1) is 21.5 Å². The predicted octanol–water partition coefficient (Wildman–Crippen LogP) is 3.00. The quantitative estimate of drug-likeness (QED) is 0.779. The maximum absolute atomic E-state index is 12.1. The normalized spacial score (nSPS) is 12.9. The first kappa shape index (κ1) is 16.3. The van der Waals surface area contributed by atoms with Crippen LogP contribution < -0.4 is 11.0 Å². The van der Waals surface area contributed by atoms with E-state index >= 15 is 0 Å². The smallest absolute Gasteiger partial charge is 0.324 e. The van der Waals surface area contributed by atoms with Gasteiger partial charge in [0, 0.05) is 18.6 Å². The van der Waals surface area contributed by atoms with E-state index < -0.39 is 0 Å². The molecule has 0 spiro atoms. The van der Waals surface area contributed by atoms with Crippen LogP contribution >= 0.6 is 31.9 Å². The minimum absolute atomic E-state index is 0.0964. The summed E-state index contributed by atoms with van der Waals surface area (Å²) in [7, 11) is 3.44. The lowest BCUT2D eigenvalue weighted by molar-refractivity contribution is -0.116. The Hall–Kier alpha value is -1.08. The molecule has 1 aromatic heterocycles. The number of nitrogens with one attached hydrogen (secondary N) is 1. The second kappa shape index (κ2) is 5.96. The number of fused-ring (bicyclic) bond motifs is 1. The molecule has 0 radical (unpaired) electrons. The molecule has 5 nitrogen and oxygen atoms in total. The highest BCUT2D eigenvalue weighted by molar-refractivity contribution is 9.10. The van der Waals surface area contributed by atoms with Crippen molar-refractivity contribution in [3.63, 3.8) is 0 Å². The average molecular weight is 419 g/mol. The van der Waals surface area contributed by atoms with Gasteiger partial charge in [-0.15, -0.1) is 0 Å². The van der Waals surface area contributed by atoms with Gasteiger partial charge in [0.2, 0.25) is 5.91 Å². The summed E-state index contributed by atoms with van der Waals surface area (Å²) in [5.41, 5.74) is 2.14. The SMILES string of the molecule is CC(C)[C@H](Br)C(=O)Nc1cc2c(cc1Br)n(C)c(=O)n2C. The summed E-state index contributed by atoms with van der Waals surface area (Å²) in [5.74, 6) is 0.0829. The number of carbonyl (C=O) groups is 1. The highest BCUT2D eigenvalue weighted by Gasteiger charge is 2.20. The molecule has 0 bridgehead atoms. The van der Waals surface area contributed by atoms with E-state index in [9.17, 15) is 9.59 Å². The van der Waals surface area contributed by atoms with E-state index in [0.717, 1.165) is 15.5 Å². The Kier molecular flexibility index (Phi) is 4.63. The van der Waals surface area contributed by atoms with E-state index in [-0.39, 0.29) is 22.3 Å². The number of rotatable bonds is 3. The molecule has 1 aromatic carbocycles. The summed E-state index contributed by atoms with van der Waals surface area (Å²) in [5, 5.41) is 2.88. The molecular formula is C14H17Br2N3O2. The van der Waals surface area contributed by atoms with Crippen molar-refractivity contribution >= 4 is 54.5 Å². The number of carbonyl (C=O) groups excluding carboxylic acids is 1. The summed E-state index contributed by atoms with van der Waals surface area (Å²) in [6.45, 7) is 3.94. The molecule has 0 aliphatic carbocycles. The summed E-state index contributed by atoms with van der Waals surface area (Å²) in [6, 6.07) is 3.64. The molecule has 0 unspecified atom stereocenters. The van der Waals surface area contributed by atoms with Gasteiger partial charge in [-0.25, -0.2) is 4.79 Å². The molecule has 0 aliphatic heterocycles. The van der Waals surface area contributed by atoms with Gasteiger partial charge >= 0.3 is 5.69 Å². The maximum atomic E-state index is 12.1. The van der Waals surface area contributed by atoms with Crippen LogP contribution in [-0.2, 0) is 18.9 Å². The fourth-order valence-electron chi connectivity index (χ4n) is 2.12. The Morgan fingerprint density at radius 3 is 2.24 bits per heavy atom. The second-order valence-corrected chi connectivity index (χ2v) is 7.20. The number of hydrogen-bond acceptors (Lipinski definition) is 2. The molecule has 2 aromatic rings. The van der Waals surface area contributed by atoms with Crippen LogP contribution in [0.15, 0.2) is 21.4 Å². The maximum Gasteiger partial charge on any atom is 0.328 e. The lowest BCUT2D eigenvalue weighted by Crippen LogP contribution is -2.27. The summed E-state index contributed by atoms with van der Waals surface area (Å²) < 4.78 is 3.88. The standard InChI is InChI=1S/C14H17Br2N3O2/c1-7(2)12(16)13(20)17-9-6-11-10(5-8(9)15)18(3)14(21)19(11)4/h5-7,12H,1-4H3,(H,17,20)/t12-/m0/s1. The zero-order valence-corrected chi connectivity index (χ0v) is 15.4. The predicted molar refractivity (Wildman–Crippen MR) is 92.0 cm³/mol. The van der Waals surface area contributed by atoms with Gasteiger partial charge in [-0.1, -0.05) is 29.8 Å². The molecule has 0 aliphatic rings. The lowest BCUT2D eigenvalue weighted by atomic mass is 10.1. The van der Waals surface area contributed by atoms with Crippen LogP contribution in [0.4, 0.5) is 5.69 Å². The number of nitrogens with zero attached hydrogens (tertiary/aromatic N) is 2. The molecule has 21 heavy (non-hydrogen) atoms. The summed E-state index contributed by atoms with van der Waals surface area (Å²) >= 11 is 6.83. The second-order valence-electron chi connectivity index (χ2n) is 5.36. The van der Waals surface area contributed by atoms with Crippen molar-refractivity contribution in [2.45, 2.75) is 18.7 Å². The van der Waals surface area contributed by atoms with E-state index in [2.05, 4.69) is 37.2 Å². The number of imidazole rings is 1. The number of halogens is 2. The molecule has 114 valence electrons. The molecular weight excluding hydrogens is 402 g/mol. The van der Waals surface area contributed by atoms with Crippen LogP contribution in [0.25, 0.3) is 11.0 Å². The van der Waals surface area contributed by atoms with Crippen molar-refractivity contribution < 1.29 is 4.79 Å². The van der Waals surface area contributed by atoms with Crippen LogP contribution in [0.2, 0.25) is 0 Å². The van der Waals surface area contributed by atoms with Crippen molar-refractivity contribution in [2.75, 3.05) is 5.32 Å². The third-order valence-electron chi connectivity index (χ3n) is 3.45. The monoisotopic (exact) mass is 417 g/mol. The number of aromatic nitrogens is 2. The number of alkyl halides is 1. The largest absolute Gasteiger partial charge is 0.328 e. The van der Waals surface area contributed by atoms with Gasteiger partial charge in [0.15, 0.2) is 0 Å². The molecule has 1 atom stereocenters. The van der Waals surface area contributed by atoms with Crippen molar-refractivity contribution in [1.82, 2.24) is 9.13 Å². The molecule has 1 N–H and O–H groups in total. The molecule has 2 rings (SSSR count). The first-order valence-electron chi connectivity index (χ1n) is 6.54. The van der Waals surface area contributed by atoms with Crippen LogP contribution in [0.3, 0.4) is 0 Å². The van der Waals surface area contributed by atoms with E-state index in [4.69, 9.17) is 0 Å². The highest BCUT2D eigenvalue weighted by atomic mass is 79.9. The zero-order chi connectivity index (χ0) is 15.9. The number of aryl methyl sites for hydroxylation is 2. The average Bonchev–Trinajstić information content (AvgIpc) is 2.63. The van der Waals surface area contributed by atoms with Gasteiger partial charge in [-0.3, -0.25) is 13.9 Å². The zero-order valence-electron chi connectivity index (χ0n) is 12.3. The minimum atomic E-state index is -0.264. The minimum Gasteiger partial charge on any atom is -0.324 e. The van der Waals surface area contributed by atoms with Crippen molar-refractivity contribution in [3.8, 4) is 0 Å². The van der Waals surface area contributed by atoms with Crippen LogP contribution in [-0.4, -0.2) is 19.9 Å². The van der Waals surface area contributed by atoms with E-state index in [1.807, 2.05) is 19.9 Å². The highest BCUT2D eigenvalue weighted by Crippen LogP contribution is 2.28. The topological polar surface area (TPSA) is 56.0 Å². The molecule has 0 fully saturated rings. The van der Waals surface area contributed by atoms with Gasteiger partial charge in [-0.2, -0.15) is 0 Å². The Morgan fingerprint density at radius 1 is 1.19 bits per heavy atom. The molecule has 0 saturated carbocycles. The van der Waals surface area contributed by atoms with Gasteiger partial charge in [0.1, 0.15) is 0 Å². The van der Waals surface area contributed by atoms with Crippen molar-refractivity contribution in [1.29, 1.82) is 0 Å². The third-order valence-corrected chi connectivity index (χ3v) is 5.58. The summed E-state index contributed by atoms with van der Waals surface area (Å²) in [4.78, 5) is 23.8. The Morgan fingerprint density at radius 2 is 1.71 bits per heavy atom. The fourth-order valence-corrected chi connectivity index (χ4v) is 2.66. The van der Waals surface area contributed by atoms with Gasteiger partial charge < -0.3 is 5.32 Å². The van der Waals surface area contributed by atoms with E-state index in [0.29, 0.717) is 5.69 Å². The summed E-state index contributed by atoms with van der Waals surface area (Å²) in [6.07, 6.45) is 0. The number of amides is 1. The third kappa shape index (κ3) is 2.94. The van der Waals surface area contributed by atoms with E-state index in [1.165, 1.54) is 0 Å². The Labute approximate surface area is 139 Å². The van der Waals surface area contributed by atoms with E-state index in [1.54, 1.807) is 29.3 Å². The lowest BCUT2D eigenvalue weighted by Gasteiger charge is -2.15. The molecule has 7 heteroatoms. The van der Waals surface area contributed by atoms with Gasteiger partial charge in [0.25, 0.3) is 0 Å². The molecule has 1 heterocycles. The Bertz CT molecular complexity index is 762. The Balaban J connectivity index is 2.46.